The quantitative estimate of drug-likeness (QED) is 0.395. The Labute approximate surface area is 190 Å². The number of carbonyl (C=O) groups excluding carboxylic acids is 1. The molecule has 3 aromatic carbocycles. The number of rotatable bonds is 8. The number of hydrogen-bond acceptors (Lipinski definition) is 4. The molecule has 5 nitrogen and oxygen atoms in total. The van der Waals surface area contributed by atoms with Crippen molar-refractivity contribution in [3.05, 3.63) is 108 Å². The summed E-state index contributed by atoms with van der Waals surface area (Å²) in [7, 11) is 0. The highest BCUT2D eigenvalue weighted by molar-refractivity contribution is 8.00. The van der Waals surface area contributed by atoms with Gasteiger partial charge in [-0.05, 0) is 42.3 Å². The normalized spacial score (nSPS) is 11.8. The number of halogens is 1. The van der Waals surface area contributed by atoms with E-state index in [2.05, 4.69) is 15.5 Å². The summed E-state index contributed by atoms with van der Waals surface area (Å²) in [6.45, 7) is 2.31. The van der Waals surface area contributed by atoms with Crippen molar-refractivity contribution in [2.75, 3.05) is 0 Å². The van der Waals surface area contributed by atoms with Gasteiger partial charge in [-0.2, -0.15) is 0 Å². The van der Waals surface area contributed by atoms with E-state index < -0.39 is 0 Å². The van der Waals surface area contributed by atoms with Crippen LogP contribution in [0.4, 0.5) is 4.39 Å². The Hall–Kier alpha value is -3.45. The molecular formula is C25H23FN4OS. The lowest BCUT2D eigenvalue weighted by Gasteiger charge is -2.14. The summed E-state index contributed by atoms with van der Waals surface area (Å²) in [5.41, 5.74) is 2.88. The second-order valence-electron chi connectivity index (χ2n) is 7.34. The van der Waals surface area contributed by atoms with Crippen LogP contribution in [-0.2, 0) is 17.8 Å². The van der Waals surface area contributed by atoms with Gasteiger partial charge in [-0.1, -0.05) is 72.4 Å². The summed E-state index contributed by atoms with van der Waals surface area (Å²) in [4.78, 5) is 12.7. The minimum absolute atomic E-state index is 0.0860. The van der Waals surface area contributed by atoms with Crippen LogP contribution < -0.4 is 5.32 Å². The van der Waals surface area contributed by atoms with Crippen LogP contribution in [0.2, 0.25) is 0 Å². The molecule has 0 saturated carbocycles. The van der Waals surface area contributed by atoms with E-state index in [9.17, 15) is 9.18 Å². The van der Waals surface area contributed by atoms with Crippen LogP contribution in [-0.4, -0.2) is 25.9 Å². The standard InChI is InChI=1S/C25H23FN4OS/c1-18(24(31)27-17-20-10-6-3-7-11-20)32-25-29-28-23(16-19-8-4-2-5-9-19)30(25)22-14-12-21(26)13-15-22/h2-15,18H,16-17H2,1H3,(H,27,31)/t18-/m1/s1. The molecule has 4 rings (SSSR count). The summed E-state index contributed by atoms with van der Waals surface area (Å²) < 4.78 is 15.4. The van der Waals surface area contributed by atoms with Crippen LogP contribution >= 0.6 is 11.8 Å². The smallest absolute Gasteiger partial charge is 0.233 e. The summed E-state index contributed by atoms with van der Waals surface area (Å²) in [6, 6.07) is 25.9. The zero-order valence-electron chi connectivity index (χ0n) is 17.6. The number of aromatic nitrogens is 3. The van der Waals surface area contributed by atoms with Crippen molar-refractivity contribution in [1.82, 2.24) is 20.1 Å². The molecule has 1 atom stereocenters. The average molecular weight is 447 g/mol. The van der Waals surface area contributed by atoms with E-state index in [0.717, 1.165) is 22.6 Å². The van der Waals surface area contributed by atoms with E-state index in [1.165, 1.54) is 23.9 Å². The molecule has 0 aliphatic heterocycles. The Bertz CT molecular complexity index is 1160. The van der Waals surface area contributed by atoms with Gasteiger partial charge in [0, 0.05) is 18.7 Å². The number of thioether (sulfide) groups is 1. The molecule has 0 fully saturated rings. The molecule has 0 bridgehead atoms. The highest BCUT2D eigenvalue weighted by Crippen LogP contribution is 2.27. The van der Waals surface area contributed by atoms with E-state index in [1.807, 2.05) is 72.2 Å². The predicted molar refractivity (Wildman–Crippen MR) is 124 cm³/mol. The van der Waals surface area contributed by atoms with Crippen molar-refractivity contribution < 1.29 is 9.18 Å². The minimum atomic E-state index is -0.383. The van der Waals surface area contributed by atoms with Gasteiger partial charge in [-0.3, -0.25) is 9.36 Å². The summed E-state index contributed by atoms with van der Waals surface area (Å²) in [5.74, 6) is 0.327. The van der Waals surface area contributed by atoms with Crippen molar-refractivity contribution in [2.45, 2.75) is 30.3 Å². The number of hydrogen-bond donors (Lipinski definition) is 1. The average Bonchev–Trinajstić information content (AvgIpc) is 3.21. The number of amides is 1. The van der Waals surface area contributed by atoms with Crippen molar-refractivity contribution in [1.29, 1.82) is 0 Å². The third kappa shape index (κ3) is 5.42. The van der Waals surface area contributed by atoms with Crippen molar-refractivity contribution in [2.24, 2.45) is 0 Å². The molecule has 1 aromatic heterocycles. The largest absolute Gasteiger partial charge is 0.351 e. The fourth-order valence-corrected chi connectivity index (χ4v) is 4.17. The number of nitrogens with one attached hydrogen (secondary N) is 1. The molecule has 4 aromatic rings. The first-order chi connectivity index (χ1) is 15.6. The van der Waals surface area contributed by atoms with Crippen LogP contribution in [0.3, 0.4) is 0 Å². The molecule has 0 unspecified atom stereocenters. The van der Waals surface area contributed by atoms with Gasteiger partial charge in [0.05, 0.1) is 5.25 Å². The first-order valence-corrected chi connectivity index (χ1v) is 11.2. The molecule has 0 aliphatic rings. The molecule has 1 N–H and O–H groups in total. The molecule has 0 radical (unpaired) electrons. The van der Waals surface area contributed by atoms with E-state index in [-0.39, 0.29) is 17.0 Å². The second kappa shape index (κ2) is 10.2. The van der Waals surface area contributed by atoms with Crippen molar-refractivity contribution >= 4 is 17.7 Å². The Morgan fingerprint density at radius 1 is 0.938 bits per heavy atom. The van der Waals surface area contributed by atoms with Gasteiger partial charge in [0.2, 0.25) is 5.91 Å². The lowest BCUT2D eigenvalue weighted by molar-refractivity contribution is -0.120. The van der Waals surface area contributed by atoms with Crippen molar-refractivity contribution in [3.63, 3.8) is 0 Å². The van der Waals surface area contributed by atoms with Gasteiger partial charge in [0.25, 0.3) is 0 Å². The van der Waals surface area contributed by atoms with Gasteiger partial charge < -0.3 is 5.32 Å². The van der Waals surface area contributed by atoms with E-state index in [0.29, 0.717) is 18.1 Å². The van der Waals surface area contributed by atoms with Crippen LogP contribution in [0.5, 0.6) is 0 Å². The monoisotopic (exact) mass is 446 g/mol. The van der Waals surface area contributed by atoms with Crippen LogP contribution in [0, 0.1) is 5.82 Å². The van der Waals surface area contributed by atoms with Gasteiger partial charge in [-0.15, -0.1) is 10.2 Å². The molecule has 1 amide bonds. The highest BCUT2D eigenvalue weighted by Gasteiger charge is 2.21. The molecule has 0 saturated heterocycles. The lowest BCUT2D eigenvalue weighted by Crippen LogP contribution is -2.30. The number of benzene rings is 3. The van der Waals surface area contributed by atoms with Gasteiger partial charge >= 0.3 is 0 Å². The fraction of sp³-hybridized carbons (Fsp3) is 0.160. The maximum Gasteiger partial charge on any atom is 0.233 e. The van der Waals surface area contributed by atoms with E-state index in [1.54, 1.807) is 12.1 Å². The number of nitrogens with zero attached hydrogens (tertiary/aromatic N) is 3. The maximum atomic E-state index is 13.5. The predicted octanol–water partition coefficient (Wildman–Crippen LogP) is 4.79. The first kappa shape index (κ1) is 21.8. The highest BCUT2D eigenvalue weighted by atomic mass is 32.2. The topological polar surface area (TPSA) is 59.8 Å². The molecule has 162 valence electrons. The molecule has 0 spiro atoms. The minimum Gasteiger partial charge on any atom is -0.351 e. The van der Waals surface area contributed by atoms with Crippen molar-refractivity contribution in [3.8, 4) is 5.69 Å². The van der Waals surface area contributed by atoms with Crippen LogP contribution in [0.15, 0.2) is 90.1 Å². The SMILES string of the molecule is C[C@@H](Sc1nnc(Cc2ccccc2)n1-c1ccc(F)cc1)C(=O)NCc1ccccc1. The molecule has 0 aliphatic carbocycles. The van der Waals surface area contributed by atoms with Gasteiger partial charge in [-0.25, -0.2) is 4.39 Å². The Morgan fingerprint density at radius 2 is 1.56 bits per heavy atom. The number of carbonyl (C=O) groups is 1. The Balaban J connectivity index is 1.54. The van der Waals surface area contributed by atoms with Crippen LogP contribution in [0.1, 0.15) is 23.9 Å². The molecule has 32 heavy (non-hydrogen) atoms. The summed E-state index contributed by atoms with van der Waals surface area (Å²) >= 11 is 1.33. The van der Waals surface area contributed by atoms with Gasteiger partial charge in [0.15, 0.2) is 5.16 Å². The fourth-order valence-electron chi connectivity index (χ4n) is 3.26. The lowest BCUT2D eigenvalue weighted by atomic mass is 10.1. The zero-order chi connectivity index (χ0) is 22.3. The zero-order valence-corrected chi connectivity index (χ0v) is 18.4. The van der Waals surface area contributed by atoms with E-state index in [4.69, 9.17) is 0 Å². The first-order valence-electron chi connectivity index (χ1n) is 10.3. The molecule has 1 heterocycles. The third-order valence-electron chi connectivity index (χ3n) is 4.95. The maximum absolute atomic E-state index is 13.5. The van der Waals surface area contributed by atoms with Crippen LogP contribution in [0.25, 0.3) is 5.69 Å². The molecule has 7 heteroatoms. The molecular weight excluding hydrogens is 423 g/mol. The Kier molecular flexibility index (Phi) is 6.97. The van der Waals surface area contributed by atoms with Gasteiger partial charge in [0.1, 0.15) is 11.6 Å². The summed E-state index contributed by atoms with van der Waals surface area (Å²) in [6.07, 6.45) is 0.570. The van der Waals surface area contributed by atoms with E-state index >= 15 is 0 Å². The third-order valence-corrected chi connectivity index (χ3v) is 5.99. The summed E-state index contributed by atoms with van der Waals surface area (Å²) in [5, 5.41) is 11.9. The Morgan fingerprint density at radius 3 is 2.22 bits per heavy atom. The second-order valence-corrected chi connectivity index (χ2v) is 8.64.